The zero-order valence-electron chi connectivity index (χ0n) is 13.2. The maximum Gasteiger partial charge on any atom is 0.244 e. The lowest BCUT2D eigenvalue weighted by Gasteiger charge is -2.26. The Morgan fingerprint density at radius 2 is 2.14 bits per heavy atom. The number of carbonyl (C=O) groups excluding carboxylic acids is 1. The van der Waals surface area contributed by atoms with E-state index in [0.717, 1.165) is 5.69 Å². The highest BCUT2D eigenvalue weighted by atomic mass is 16.5. The smallest absolute Gasteiger partial charge is 0.244 e. The van der Waals surface area contributed by atoms with E-state index in [2.05, 4.69) is 30.2 Å². The van der Waals surface area contributed by atoms with Crippen LogP contribution in [0.1, 0.15) is 25.3 Å². The van der Waals surface area contributed by atoms with Gasteiger partial charge < -0.3 is 20.7 Å². The van der Waals surface area contributed by atoms with Gasteiger partial charge in [0.1, 0.15) is 6.54 Å². The minimum absolute atomic E-state index is 0.0241. The highest BCUT2D eigenvalue weighted by Crippen LogP contribution is 2.18. The van der Waals surface area contributed by atoms with E-state index in [9.17, 15) is 4.79 Å². The molecule has 1 aliphatic heterocycles. The van der Waals surface area contributed by atoms with Gasteiger partial charge in [-0.3, -0.25) is 4.79 Å². The minimum atomic E-state index is -0.0241. The number of nitrogens with one attached hydrogen (secondary N) is 1. The number of ether oxygens (including phenoxy) is 1. The Bertz CT molecular complexity index is 537. The molecule has 1 amide bonds. The molecule has 0 radical (unpaired) electrons. The summed E-state index contributed by atoms with van der Waals surface area (Å²) in [4.78, 5) is 17.8. The van der Waals surface area contributed by atoms with Crippen LogP contribution in [0.15, 0.2) is 29.3 Å². The zero-order valence-corrected chi connectivity index (χ0v) is 13.2. The summed E-state index contributed by atoms with van der Waals surface area (Å²) in [6.07, 6.45) is 0. The van der Waals surface area contributed by atoms with Crippen molar-refractivity contribution in [3.8, 4) is 0 Å². The SMILES string of the molecule is CC(C)c1cccc(NC(N)=NCC(=O)N2CCOCC2)c1. The summed E-state index contributed by atoms with van der Waals surface area (Å²) < 4.78 is 5.22. The van der Waals surface area contributed by atoms with Crippen molar-refractivity contribution >= 4 is 17.6 Å². The zero-order chi connectivity index (χ0) is 15.9. The molecule has 3 N–H and O–H groups in total. The van der Waals surface area contributed by atoms with Crippen molar-refractivity contribution in [1.82, 2.24) is 4.90 Å². The van der Waals surface area contributed by atoms with Gasteiger partial charge in [0.05, 0.1) is 13.2 Å². The summed E-state index contributed by atoms with van der Waals surface area (Å²) in [5.41, 5.74) is 7.96. The molecule has 0 aliphatic carbocycles. The van der Waals surface area contributed by atoms with Crippen LogP contribution in [-0.2, 0) is 9.53 Å². The van der Waals surface area contributed by atoms with Crippen LogP contribution in [-0.4, -0.2) is 49.6 Å². The number of carbonyl (C=O) groups is 1. The first-order chi connectivity index (χ1) is 10.6. The van der Waals surface area contributed by atoms with Crippen LogP contribution in [0.2, 0.25) is 0 Å². The van der Waals surface area contributed by atoms with E-state index in [4.69, 9.17) is 10.5 Å². The maximum absolute atomic E-state index is 12.0. The molecule has 120 valence electrons. The van der Waals surface area contributed by atoms with Gasteiger partial charge in [-0.15, -0.1) is 0 Å². The Kier molecular flexibility index (Phi) is 5.77. The van der Waals surface area contributed by atoms with Crippen molar-refractivity contribution in [3.05, 3.63) is 29.8 Å². The molecule has 1 saturated heterocycles. The van der Waals surface area contributed by atoms with E-state index >= 15 is 0 Å². The predicted molar refractivity (Wildman–Crippen MR) is 88.0 cm³/mol. The third kappa shape index (κ3) is 4.73. The predicted octanol–water partition coefficient (Wildman–Crippen LogP) is 1.40. The van der Waals surface area contributed by atoms with Gasteiger partial charge in [-0.2, -0.15) is 0 Å². The Labute approximate surface area is 131 Å². The molecule has 0 aromatic heterocycles. The number of benzene rings is 1. The molecule has 0 bridgehead atoms. The van der Waals surface area contributed by atoms with Gasteiger partial charge in [0.15, 0.2) is 5.96 Å². The van der Waals surface area contributed by atoms with E-state index < -0.39 is 0 Å². The van der Waals surface area contributed by atoms with Crippen molar-refractivity contribution in [2.45, 2.75) is 19.8 Å². The molecule has 22 heavy (non-hydrogen) atoms. The van der Waals surface area contributed by atoms with Gasteiger partial charge in [0, 0.05) is 18.8 Å². The Hall–Kier alpha value is -2.08. The molecule has 1 aliphatic rings. The highest BCUT2D eigenvalue weighted by Gasteiger charge is 2.16. The largest absolute Gasteiger partial charge is 0.378 e. The summed E-state index contributed by atoms with van der Waals surface area (Å²) in [6.45, 7) is 6.75. The topological polar surface area (TPSA) is 79.9 Å². The molecule has 1 heterocycles. The van der Waals surface area contributed by atoms with Crippen LogP contribution in [0, 0.1) is 0 Å². The molecule has 2 rings (SSSR count). The third-order valence-corrected chi connectivity index (χ3v) is 3.57. The fraction of sp³-hybridized carbons (Fsp3) is 0.500. The number of amides is 1. The van der Waals surface area contributed by atoms with Crippen LogP contribution in [0.5, 0.6) is 0 Å². The van der Waals surface area contributed by atoms with Crippen molar-refractivity contribution in [2.24, 2.45) is 10.7 Å². The number of morpholine rings is 1. The first-order valence-electron chi connectivity index (χ1n) is 7.58. The third-order valence-electron chi connectivity index (χ3n) is 3.57. The van der Waals surface area contributed by atoms with Crippen molar-refractivity contribution in [3.63, 3.8) is 0 Å². The lowest BCUT2D eigenvalue weighted by atomic mass is 10.0. The fourth-order valence-electron chi connectivity index (χ4n) is 2.23. The van der Waals surface area contributed by atoms with Gasteiger partial charge in [-0.1, -0.05) is 26.0 Å². The number of hydrogen-bond donors (Lipinski definition) is 2. The molecule has 1 aromatic rings. The molecule has 6 heteroatoms. The van der Waals surface area contributed by atoms with Crippen LogP contribution in [0.3, 0.4) is 0 Å². The van der Waals surface area contributed by atoms with Gasteiger partial charge in [-0.05, 0) is 23.6 Å². The van der Waals surface area contributed by atoms with E-state index in [-0.39, 0.29) is 18.4 Å². The monoisotopic (exact) mass is 304 g/mol. The van der Waals surface area contributed by atoms with Gasteiger partial charge in [-0.25, -0.2) is 4.99 Å². The second-order valence-electron chi connectivity index (χ2n) is 5.60. The normalized spacial score (nSPS) is 16.0. The van der Waals surface area contributed by atoms with Crippen molar-refractivity contribution in [1.29, 1.82) is 0 Å². The molecule has 1 aromatic carbocycles. The molecular formula is C16H24N4O2. The summed E-state index contributed by atoms with van der Waals surface area (Å²) >= 11 is 0. The number of guanidine groups is 1. The summed E-state index contributed by atoms with van der Waals surface area (Å²) in [6, 6.07) is 8.02. The highest BCUT2D eigenvalue weighted by molar-refractivity contribution is 5.93. The molecule has 0 saturated carbocycles. The van der Waals surface area contributed by atoms with E-state index in [0.29, 0.717) is 32.2 Å². The Morgan fingerprint density at radius 1 is 1.41 bits per heavy atom. The molecule has 0 atom stereocenters. The Morgan fingerprint density at radius 3 is 2.82 bits per heavy atom. The quantitative estimate of drug-likeness (QED) is 0.651. The number of hydrogen-bond acceptors (Lipinski definition) is 3. The standard InChI is InChI=1S/C16H24N4O2/c1-12(2)13-4-3-5-14(10-13)19-16(17)18-11-15(21)20-6-8-22-9-7-20/h3-5,10,12H,6-9,11H2,1-2H3,(H3,17,18,19). The second kappa shape index (κ2) is 7.79. The number of nitrogens with two attached hydrogens (primary N) is 1. The first kappa shape index (κ1) is 16.3. The van der Waals surface area contributed by atoms with Gasteiger partial charge >= 0.3 is 0 Å². The molecule has 0 spiro atoms. The maximum atomic E-state index is 12.0. The van der Waals surface area contributed by atoms with E-state index in [1.165, 1.54) is 5.56 Å². The summed E-state index contributed by atoms with van der Waals surface area (Å²) in [7, 11) is 0. The first-order valence-corrected chi connectivity index (χ1v) is 7.58. The van der Waals surface area contributed by atoms with E-state index in [1.54, 1.807) is 4.90 Å². The van der Waals surface area contributed by atoms with Crippen molar-refractivity contribution in [2.75, 3.05) is 38.2 Å². The van der Waals surface area contributed by atoms with Crippen LogP contribution < -0.4 is 11.1 Å². The average Bonchev–Trinajstić information content (AvgIpc) is 2.53. The molecular weight excluding hydrogens is 280 g/mol. The number of anilines is 1. The van der Waals surface area contributed by atoms with Crippen LogP contribution in [0.25, 0.3) is 0 Å². The number of rotatable bonds is 4. The number of nitrogens with zero attached hydrogens (tertiary/aromatic N) is 2. The summed E-state index contributed by atoms with van der Waals surface area (Å²) in [5.74, 6) is 0.675. The van der Waals surface area contributed by atoms with Crippen molar-refractivity contribution < 1.29 is 9.53 Å². The van der Waals surface area contributed by atoms with E-state index in [1.807, 2.05) is 18.2 Å². The minimum Gasteiger partial charge on any atom is -0.378 e. The molecule has 6 nitrogen and oxygen atoms in total. The molecule has 1 fully saturated rings. The summed E-state index contributed by atoms with van der Waals surface area (Å²) in [5, 5.41) is 3.03. The molecule has 0 unspecified atom stereocenters. The van der Waals surface area contributed by atoms with Gasteiger partial charge in [0.2, 0.25) is 5.91 Å². The van der Waals surface area contributed by atoms with Gasteiger partial charge in [0.25, 0.3) is 0 Å². The van der Waals surface area contributed by atoms with Crippen LogP contribution >= 0.6 is 0 Å². The number of aliphatic imine (C=N–C) groups is 1. The lowest BCUT2D eigenvalue weighted by molar-refractivity contribution is -0.133. The van der Waals surface area contributed by atoms with Crippen LogP contribution in [0.4, 0.5) is 5.69 Å². The lowest BCUT2D eigenvalue weighted by Crippen LogP contribution is -2.42. The second-order valence-corrected chi connectivity index (χ2v) is 5.60. The average molecular weight is 304 g/mol. The Balaban J connectivity index is 1.89. The fourth-order valence-corrected chi connectivity index (χ4v) is 2.23.